The van der Waals surface area contributed by atoms with Crippen LogP contribution in [0.5, 0.6) is 0 Å². The van der Waals surface area contributed by atoms with Crippen LogP contribution in [0.25, 0.3) is 0 Å². The number of ketones is 1. The third-order valence-corrected chi connectivity index (χ3v) is 1.77. The predicted octanol–water partition coefficient (Wildman–Crippen LogP) is 1.34. The summed E-state index contributed by atoms with van der Waals surface area (Å²) < 4.78 is 0. The van der Waals surface area contributed by atoms with E-state index in [0.717, 1.165) is 19.3 Å². The summed E-state index contributed by atoms with van der Waals surface area (Å²) in [5.41, 5.74) is 5.39. The molecule has 2 heteroatoms. The lowest BCUT2D eigenvalue weighted by molar-refractivity contribution is -0.120. The third kappa shape index (κ3) is 3.62. The van der Waals surface area contributed by atoms with Crippen molar-refractivity contribution in [2.24, 2.45) is 11.7 Å². The van der Waals surface area contributed by atoms with Gasteiger partial charge in [0.2, 0.25) is 0 Å². The largest absolute Gasteiger partial charge is 0.330 e. The Morgan fingerprint density at radius 1 is 1.60 bits per heavy atom. The van der Waals surface area contributed by atoms with Crippen LogP contribution in [-0.4, -0.2) is 12.3 Å². The van der Waals surface area contributed by atoms with Crippen LogP contribution in [0.3, 0.4) is 0 Å². The van der Waals surface area contributed by atoms with Crippen molar-refractivity contribution >= 4 is 5.78 Å². The Morgan fingerprint density at radius 3 is 2.50 bits per heavy atom. The molecule has 0 heterocycles. The minimum atomic E-state index is 0.111. The maximum atomic E-state index is 10.8. The molecule has 0 aliphatic heterocycles. The minimum Gasteiger partial charge on any atom is -0.330 e. The van der Waals surface area contributed by atoms with Crippen molar-refractivity contribution < 1.29 is 4.79 Å². The summed E-state index contributed by atoms with van der Waals surface area (Å²) in [5.74, 6) is 0.343. The molecule has 0 amide bonds. The van der Waals surface area contributed by atoms with Gasteiger partial charge in [0.15, 0.2) is 0 Å². The highest BCUT2D eigenvalue weighted by Gasteiger charge is 2.09. The molecular formula is C8H17NO. The van der Waals surface area contributed by atoms with E-state index < -0.39 is 0 Å². The van der Waals surface area contributed by atoms with Gasteiger partial charge in [0.05, 0.1) is 0 Å². The first kappa shape index (κ1) is 9.63. The van der Waals surface area contributed by atoms with E-state index in [4.69, 9.17) is 5.73 Å². The number of Topliss-reactive ketones (excluding diaryl/α,β-unsaturated/α-hetero) is 1. The SMILES string of the molecule is CCCCC(CN)C(C)=O. The van der Waals surface area contributed by atoms with E-state index in [2.05, 4.69) is 6.92 Å². The molecule has 0 saturated heterocycles. The van der Waals surface area contributed by atoms with Crippen molar-refractivity contribution in [2.45, 2.75) is 33.1 Å². The number of hydrogen-bond donors (Lipinski definition) is 1. The van der Waals surface area contributed by atoms with Crippen molar-refractivity contribution in [1.82, 2.24) is 0 Å². The lowest BCUT2D eigenvalue weighted by Crippen LogP contribution is -2.21. The summed E-state index contributed by atoms with van der Waals surface area (Å²) >= 11 is 0. The fourth-order valence-electron chi connectivity index (χ4n) is 0.938. The highest BCUT2D eigenvalue weighted by molar-refractivity contribution is 5.78. The van der Waals surface area contributed by atoms with E-state index >= 15 is 0 Å². The van der Waals surface area contributed by atoms with Gasteiger partial charge in [-0.2, -0.15) is 0 Å². The van der Waals surface area contributed by atoms with Gasteiger partial charge in [-0.3, -0.25) is 4.79 Å². The standard InChI is InChI=1S/C8H17NO/c1-3-4-5-8(6-9)7(2)10/h8H,3-6,9H2,1-2H3. The highest BCUT2D eigenvalue weighted by atomic mass is 16.1. The molecule has 0 saturated carbocycles. The fourth-order valence-corrected chi connectivity index (χ4v) is 0.938. The zero-order valence-electron chi connectivity index (χ0n) is 6.89. The maximum Gasteiger partial charge on any atom is 0.134 e. The Hall–Kier alpha value is -0.370. The zero-order valence-corrected chi connectivity index (χ0v) is 6.89. The summed E-state index contributed by atoms with van der Waals surface area (Å²) in [4.78, 5) is 10.8. The molecule has 0 aromatic heterocycles. The molecule has 2 N–H and O–H groups in total. The van der Waals surface area contributed by atoms with Gasteiger partial charge in [0.25, 0.3) is 0 Å². The smallest absolute Gasteiger partial charge is 0.134 e. The Bertz CT molecular complexity index is 101. The molecule has 1 unspecified atom stereocenters. The van der Waals surface area contributed by atoms with Gasteiger partial charge in [0, 0.05) is 12.5 Å². The third-order valence-electron chi connectivity index (χ3n) is 1.77. The molecule has 0 rings (SSSR count). The van der Waals surface area contributed by atoms with Gasteiger partial charge >= 0.3 is 0 Å². The van der Waals surface area contributed by atoms with Crippen LogP contribution in [0, 0.1) is 5.92 Å². The second-order valence-corrected chi connectivity index (χ2v) is 2.69. The Kier molecular flexibility index (Phi) is 5.22. The number of carbonyl (C=O) groups excluding carboxylic acids is 1. The van der Waals surface area contributed by atoms with Gasteiger partial charge < -0.3 is 5.73 Å². The summed E-state index contributed by atoms with van der Waals surface area (Å²) in [6.07, 6.45) is 3.22. The summed E-state index contributed by atoms with van der Waals surface area (Å²) in [5, 5.41) is 0. The van der Waals surface area contributed by atoms with Crippen LogP contribution >= 0.6 is 0 Å². The fraction of sp³-hybridized carbons (Fsp3) is 0.875. The van der Waals surface area contributed by atoms with Gasteiger partial charge in [0.1, 0.15) is 5.78 Å². The average molecular weight is 143 g/mol. The van der Waals surface area contributed by atoms with Crippen LogP contribution in [0.1, 0.15) is 33.1 Å². The molecular weight excluding hydrogens is 126 g/mol. The lowest BCUT2D eigenvalue weighted by Gasteiger charge is -2.08. The molecule has 0 aromatic carbocycles. The van der Waals surface area contributed by atoms with E-state index in [-0.39, 0.29) is 11.7 Å². The average Bonchev–Trinajstić information content (AvgIpc) is 1.89. The zero-order chi connectivity index (χ0) is 7.98. The van der Waals surface area contributed by atoms with Crippen LogP contribution in [0.2, 0.25) is 0 Å². The maximum absolute atomic E-state index is 10.8. The Labute approximate surface area is 62.8 Å². The molecule has 0 aliphatic carbocycles. The van der Waals surface area contributed by atoms with Gasteiger partial charge in [-0.15, -0.1) is 0 Å². The molecule has 0 aliphatic rings. The summed E-state index contributed by atoms with van der Waals surface area (Å²) in [6.45, 7) is 4.25. The number of unbranched alkanes of at least 4 members (excludes halogenated alkanes) is 1. The Morgan fingerprint density at radius 2 is 2.20 bits per heavy atom. The van der Waals surface area contributed by atoms with Crippen molar-refractivity contribution in [1.29, 1.82) is 0 Å². The second-order valence-electron chi connectivity index (χ2n) is 2.69. The molecule has 0 fully saturated rings. The normalized spacial score (nSPS) is 13.1. The summed E-state index contributed by atoms with van der Waals surface area (Å²) in [6, 6.07) is 0. The van der Waals surface area contributed by atoms with E-state index in [1.165, 1.54) is 0 Å². The first-order chi connectivity index (χ1) is 4.72. The van der Waals surface area contributed by atoms with Crippen LogP contribution < -0.4 is 5.73 Å². The van der Waals surface area contributed by atoms with E-state index in [1.54, 1.807) is 6.92 Å². The number of carbonyl (C=O) groups is 1. The minimum absolute atomic E-state index is 0.111. The van der Waals surface area contributed by atoms with Gasteiger partial charge in [-0.25, -0.2) is 0 Å². The molecule has 0 bridgehead atoms. The molecule has 2 nitrogen and oxygen atoms in total. The lowest BCUT2D eigenvalue weighted by atomic mass is 9.99. The Balaban J connectivity index is 3.50. The van der Waals surface area contributed by atoms with Crippen molar-refractivity contribution in [2.75, 3.05) is 6.54 Å². The number of nitrogens with two attached hydrogens (primary N) is 1. The predicted molar refractivity (Wildman–Crippen MR) is 42.8 cm³/mol. The molecule has 0 radical (unpaired) electrons. The number of rotatable bonds is 5. The molecule has 1 atom stereocenters. The topological polar surface area (TPSA) is 43.1 Å². The molecule has 0 spiro atoms. The van der Waals surface area contributed by atoms with E-state index in [9.17, 15) is 4.79 Å². The van der Waals surface area contributed by atoms with Crippen molar-refractivity contribution in [3.05, 3.63) is 0 Å². The van der Waals surface area contributed by atoms with E-state index in [1.807, 2.05) is 0 Å². The van der Waals surface area contributed by atoms with Crippen LogP contribution in [0.4, 0.5) is 0 Å². The quantitative estimate of drug-likeness (QED) is 0.631. The second kappa shape index (κ2) is 5.42. The van der Waals surface area contributed by atoms with Crippen molar-refractivity contribution in [3.8, 4) is 0 Å². The summed E-state index contributed by atoms with van der Waals surface area (Å²) in [7, 11) is 0. The van der Waals surface area contributed by atoms with Gasteiger partial charge in [-0.1, -0.05) is 19.8 Å². The first-order valence-electron chi connectivity index (χ1n) is 3.92. The molecule has 60 valence electrons. The van der Waals surface area contributed by atoms with Crippen LogP contribution in [0.15, 0.2) is 0 Å². The van der Waals surface area contributed by atoms with E-state index in [0.29, 0.717) is 6.54 Å². The van der Waals surface area contributed by atoms with Crippen LogP contribution in [-0.2, 0) is 4.79 Å². The monoisotopic (exact) mass is 143 g/mol. The number of hydrogen-bond acceptors (Lipinski definition) is 2. The molecule has 10 heavy (non-hydrogen) atoms. The highest BCUT2D eigenvalue weighted by Crippen LogP contribution is 2.07. The first-order valence-corrected chi connectivity index (χ1v) is 3.92. The molecule has 0 aromatic rings. The van der Waals surface area contributed by atoms with Crippen molar-refractivity contribution in [3.63, 3.8) is 0 Å². The van der Waals surface area contributed by atoms with Gasteiger partial charge in [-0.05, 0) is 13.3 Å².